The second-order valence-corrected chi connectivity index (χ2v) is 5.19. The van der Waals surface area contributed by atoms with Gasteiger partial charge < -0.3 is 15.2 Å². The average molecular weight is 311 g/mol. The van der Waals surface area contributed by atoms with Crippen molar-refractivity contribution in [3.05, 3.63) is 71.3 Å². The molecule has 0 aromatic heterocycles. The van der Waals surface area contributed by atoms with E-state index in [9.17, 15) is 4.79 Å². The summed E-state index contributed by atoms with van der Waals surface area (Å²) >= 11 is 0. The Labute approximate surface area is 136 Å². The maximum atomic E-state index is 11.4. The molecule has 2 aromatic carbocycles. The van der Waals surface area contributed by atoms with Crippen molar-refractivity contribution < 1.29 is 14.6 Å². The van der Waals surface area contributed by atoms with Gasteiger partial charge in [-0.3, -0.25) is 4.79 Å². The molecule has 0 saturated heterocycles. The van der Waals surface area contributed by atoms with Crippen LogP contribution in [0.5, 0.6) is 5.75 Å². The third-order valence-corrected chi connectivity index (χ3v) is 3.24. The summed E-state index contributed by atoms with van der Waals surface area (Å²) in [6, 6.07) is 15.8. The maximum absolute atomic E-state index is 11.4. The van der Waals surface area contributed by atoms with Crippen LogP contribution >= 0.6 is 0 Å². The monoisotopic (exact) mass is 311 g/mol. The van der Waals surface area contributed by atoms with Gasteiger partial charge in [-0.25, -0.2) is 0 Å². The number of aliphatic hydroxyl groups excluding tert-OH is 1. The van der Waals surface area contributed by atoms with Crippen molar-refractivity contribution in [3.8, 4) is 5.75 Å². The molecule has 23 heavy (non-hydrogen) atoms. The van der Waals surface area contributed by atoms with Gasteiger partial charge in [0.1, 0.15) is 12.4 Å². The van der Waals surface area contributed by atoms with Crippen molar-refractivity contribution in [2.45, 2.75) is 13.5 Å². The predicted octanol–water partition coefficient (Wildman–Crippen LogP) is 2.70. The van der Waals surface area contributed by atoms with Crippen LogP contribution in [0.3, 0.4) is 0 Å². The molecule has 0 heterocycles. The second kappa shape index (κ2) is 8.76. The first kappa shape index (κ1) is 16.8. The quantitative estimate of drug-likeness (QED) is 0.773. The summed E-state index contributed by atoms with van der Waals surface area (Å²) < 4.78 is 5.73. The molecule has 0 unspecified atom stereocenters. The van der Waals surface area contributed by atoms with Crippen LogP contribution in [-0.4, -0.2) is 24.2 Å². The second-order valence-electron chi connectivity index (χ2n) is 5.19. The minimum absolute atomic E-state index is 0.0629. The number of hydrogen-bond acceptors (Lipinski definition) is 3. The molecule has 0 aliphatic carbocycles. The minimum Gasteiger partial charge on any atom is -0.489 e. The first-order valence-corrected chi connectivity index (χ1v) is 7.52. The third-order valence-electron chi connectivity index (χ3n) is 3.24. The molecule has 0 bridgehead atoms. The van der Waals surface area contributed by atoms with E-state index in [4.69, 9.17) is 9.84 Å². The summed E-state index contributed by atoms with van der Waals surface area (Å²) in [6.45, 7) is 2.78. The third kappa shape index (κ3) is 5.96. The number of aryl methyl sites for hydroxylation is 1. The van der Waals surface area contributed by atoms with E-state index in [0.29, 0.717) is 6.61 Å². The Kier molecular flexibility index (Phi) is 6.39. The summed E-state index contributed by atoms with van der Waals surface area (Å²) in [5.41, 5.74) is 3.26. The van der Waals surface area contributed by atoms with Crippen molar-refractivity contribution in [3.63, 3.8) is 0 Å². The number of carbonyl (C=O) groups is 1. The lowest BCUT2D eigenvalue weighted by molar-refractivity contribution is -0.116. The van der Waals surface area contributed by atoms with Crippen LogP contribution in [0.15, 0.2) is 54.6 Å². The topological polar surface area (TPSA) is 58.6 Å². The van der Waals surface area contributed by atoms with Crippen molar-refractivity contribution in [1.29, 1.82) is 0 Å². The fourth-order valence-corrected chi connectivity index (χ4v) is 1.94. The van der Waals surface area contributed by atoms with Gasteiger partial charge in [-0.05, 0) is 36.3 Å². The van der Waals surface area contributed by atoms with Gasteiger partial charge in [-0.2, -0.15) is 0 Å². The zero-order valence-electron chi connectivity index (χ0n) is 13.2. The molecule has 2 rings (SSSR count). The SMILES string of the molecule is Cc1ccc(COc2ccc(/C=C/C(=O)NCCO)cc2)cc1. The Hall–Kier alpha value is -2.59. The number of carbonyl (C=O) groups excluding carboxylic acids is 1. The predicted molar refractivity (Wildman–Crippen MR) is 91.1 cm³/mol. The summed E-state index contributed by atoms with van der Waals surface area (Å²) in [6.07, 6.45) is 3.16. The zero-order chi connectivity index (χ0) is 16.5. The summed E-state index contributed by atoms with van der Waals surface area (Å²) in [4.78, 5) is 11.4. The number of nitrogens with one attached hydrogen (secondary N) is 1. The lowest BCUT2D eigenvalue weighted by Crippen LogP contribution is -2.24. The molecular formula is C19H21NO3. The lowest BCUT2D eigenvalue weighted by atomic mass is 10.1. The number of rotatable bonds is 7. The van der Waals surface area contributed by atoms with Gasteiger partial charge in [0.2, 0.25) is 5.91 Å². The van der Waals surface area contributed by atoms with Crippen LogP contribution in [0.1, 0.15) is 16.7 Å². The standard InChI is InChI=1S/C19H21NO3/c1-15-2-4-17(5-3-15)14-23-18-9-6-16(7-10-18)8-11-19(22)20-12-13-21/h2-11,21H,12-14H2,1H3,(H,20,22)/b11-8+. The summed E-state index contributed by atoms with van der Waals surface area (Å²) in [5.74, 6) is 0.561. The molecule has 0 radical (unpaired) electrons. The van der Waals surface area contributed by atoms with Gasteiger partial charge in [-0.1, -0.05) is 42.0 Å². The van der Waals surface area contributed by atoms with E-state index in [1.165, 1.54) is 11.6 Å². The van der Waals surface area contributed by atoms with E-state index >= 15 is 0 Å². The van der Waals surface area contributed by atoms with Crippen LogP contribution in [0.2, 0.25) is 0 Å². The van der Waals surface area contributed by atoms with E-state index in [1.807, 2.05) is 24.3 Å². The van der Waals surface area contributed by atoms with Gasteiger partial charge in [-0.15, -0.1) is 0 Å². The van der Waals surface area contributed by atoms with E-state index in [0.717, 1.165) is 16.9 Å². The van der Waals surface area contributed by atoms with Crippen molar-refractivity contribution in [2.75, 3.05) is 13.2 Å². The number of amides is 1. The van der Waals surface area contributed by atoms with Crippen LogP contribution in [0, 0.1) is 6.92 Å². The minimum atomic E-state index is -0.223. The van der Waals surface area contributed by atoms with E-state index in [2.05, 4.69) is 36.5 Å². The number of benzene rings is 2. The molecule has 0 saturated carbocycles. The van der Waals surface area contributed by atoms with Crippen molar-refractivity contribution in [1.82, 2.24) is 5.32 Å². The highest BCUT2D eigenvalue weighted by Crippen LogP contribution is 2.15. The maximum Gasteiger partial charge on any atom is 0.244 e. The highest BCUT2D eigenvalue weighted by atomic mass is 16.5. The molecule has 0 aliphatic heterocycles. The van der Waals surface area contributed by atoms with Crippen LogP contribution < -0.4 is 10.1 Å². The molecule has 0 spiro atoms. The molecule has 0 fully saturated rings. The van der Waals surface area contributed by atoms with E-state index < -0.39 is 0 Å². The first-order valence-electron chi connectivity index (χ1n) is 7.52. The van der Waals surface area contributed by atoms with E-state index in [-0.39, 0.29) is 19.1 Å². The molecule has 4 heteroatoms. The Balaban J connectivity index is 1.85. The van der Waals surface area contributed by atoms with Crippen LogP contribution in [0.4, 0.5) is 0 Å². The molecule has 120 valence electrons. The van der Waals surface area contributed by atoms with Crippen molar-refractivity contribution >= 4 is 12.0 Å². The fourth-order valence-electron chi connectivity index (χ4n) is 1.94. The fraction of sp³-hybridized carbons (Fsp3) is 0.211. The normalized spacial score (nSPS) is 10.7. The van der Waals surface area contributed by atoms with Crippen LogP contribution in [-0.2, 0) is 11.4 Å². The number of ether oxygens (including phenoxy) is 1. The highest BCUT2D eigenvalue weighted by Gasteiger charge is 1.97. The van der Waals surface area contributed by atoms with Gasteiger partial charge in [0, 0.05) is 12.6 Å². The lowest BCUT2D eigenvalue weighted by Gasteiger charge is -2.07. The van der Waals surface area contributed by atoms with Gasteiger partial charge in [0.25, 0.3) is 0 Å². The van der Waals surface area contributed by atoms with Crippen LogP contribution in [0.25, 0.3) is 6.08 Å². The Morgan fingerprint density at radius 3 is 2.48 bits per heavy atom. The number of hydrogen-bond donors (Lipinski definition) is 2. The Morgan fingerprint density at radius 2 is 1.83 bits per heavy atom. The molecule has 4 nitrogen and oxygen atoms in total. The van der Waals surface area contributed by atoms with E-state index in [1.54, 1.807) is 6.08 Å². The average Bonchev–Trinajstić information content (AvgIpc) is 2.58. The van der Waals surface area contributed by atoms with Crippen molar-refractivity contribution in [2.24, 2.45) is 0 Å². The molecule has 2 N–H and O–H groups in total. The Morgan fingerprint density at radius 1 is 1.13 bits per heavy atom. The Bertz CT molecular complexity index is 645. The largest absolute Gasteiger partial charge is 0.489 e. The smallest absolute Gasteiger partial charge is 0.244 e. The molecule has 1 amide bonds. The van der Waals surface area contributed by atoms with Gasteiger partial charge in [0.05, 0.1) is 6.61 Å². The van der Waals surface area contributed by atoms with Gasteiger partial charge in [0.15, 0.2) is 0 Å². The zero-order valence-corrected chi connectivity index (χ0v) is 13.2. The summed E-state index contributed by atoms with van der Waals surface area (Å²) in [7, 11) is 0. The molecular weight excluding hydrogens is 290 g/mol. The number of aliphatic hydroxyl groups is 1. The van der Waals surface area contributed by atoms with Gasteiger partial charge >= 0.3 is 0 Å². The molecule has 0 aliphatic rings. The molecule has 0 atom stereocenters. The highest BCUT2D eigenvalue weighted by molar-refractivity contribution is 5.91. The summed E-state index contributed by atoms with van der Waals surface area (Å²) in [5, 5.41) is 11.2. The first-order chi connectivity index (χ1) is 11.2. The molecule has 2 aromatic rings.